The van der Waals surface area contributed by atoms with Crippen LogP contribution in [0.1, 0.15) is 0 Å². The highest BCUT2D eigenvalue weighted by atomic mass is 19.1. The summed E-state index contributed by atoms with van der Waals surface area (Å²) in [6, 6.07) is 6.20. The molecule has 0 unspecified atom stereocenters. The molecule has 0 saturated heterocycles. The summed E-state index contributed by atoms with van der Waals surface area (Å²) < 4.78 is 22.2. The first-order chi connectivity index (χ1) is 6.76. The maximum absolute atomic E-state index is 12.7. The Morgan fingerprint density at radius 3 is 2.43 bits per heavy atom. The third-order valence-corrected chi connectivity index (χ3v) is 1.17. The van der Waals surface area contributed by atoms with Gasteiger partial charge in [-0.2, -0.15) is 9.59 Å². The van der Waals surface area contributed by atoms with Gasteiger partial charge in [-0.1, -0.05) is 12.1 Å². The van der Waals surface area contributed by atoms with Gasteiger partial charge in [0.1, 0.15) is 0 Å². The minimum atomic E-state index is -0.371. The summed E-state index contributed by atoms with van der Waals surface area (Å²) in [6.45, 7) is 0.0704. The van der Waals surface area contributed by atoms with Crippen molar-refractivity contribution in [2.45, 2.75) is 0 Å². The number of para-hydroxylation sites is 1. The van der Waals surface area contributed by atoms with Crippen molar-refractivity contribution in [2.75, 3.05) is 13.9 Å². The third-order valence-electron chi connectivity index (χ3n) is 1.17. The highest BCUT2D eigenvalue weighted by Crippen LogP contribution is 2.14. The average molecular weight is 200 g/mol. The van der Waals surface area contributed by atoms with Crippen LogP contribution in [0.2, 0.25) is 0 Å². The van der Waals surface area contributed by atoms with Gasteiger partial charge in [-0.05, 0) is 12.1 Å². The molecule has 0 saturated carbocycles. The predicted octanol–water partition coefficient (Wildman–Crippen LogP) is 1.22. The average Bonchev–Trinajstić information content (AvgIpc) is 2.18. The van der Waals surface area contributed by atoms with E-state index in [0.717, 1.165) is 0 Å². The largest absolute Gasteiger partial charge is 0.464 e. The SMILES string of the molecule is COCOc1ccccc1F.O=C=O. The summed E-state index contributed by atoms with van der Waals surface area (Å²) in [5.74, 6) is -0.154. The van der Waals surface area contributed by atoms with Gasteiger partial charge in [0.2, 0.25) is 0 Å². The summed E-state index contributed by atoms with van der Waals surface area (Å²) in [7, 11) is 1.49. The van der Waals surface area contributed by atoms with Crippen LogP contribution in [-0.2, 0) is 14.3 Å². The van der Waals surface area contributed by atoms with E-state index in [9.17, 15) is 4.39 Å². The molecule has 0 fully saturated rings. The zero-order valence-corrected chi connectivity index (χ0v) is 7.53. The highest BCUT2D eigenvalue weighted by Gasteiger charge is 1.98. The van der Waals surface area contributed by atoms with E-state index in [4.69, 9.17) is 14.3 Å². The van der Waals surface area contributed by atoms with Gasteiger partial charge in [-0.25, -0.2) is 4.39 Å². The van der Waals surface area contributed by atoms with Crippen LogP contribution in [0, 0.1) is 5.82 Å². The minimum Gasteiger partial charge on any atom is -0.464 e. The van der Waals surface area contributed by atoms with Crippen molar-refractivity contribution in [3.8, 4) is 5.75 Å². The first kappa shape index (κ1) is 12.3. The molecule has 1 aromatic carbocycles. The van der Waals surface area contributed by atoms with Crippen LogP contribution >= 0.6 is 0 Å². The number of hydrogen-bond donors (Lipinski definition) is 0. The van der Waals surface area contributed by atoms with Gasteiger partial charge in [-0.15, -0.1) is 0 Å². The fraction of sp³-hybridized carbons (Fsp3) is 0.222. The molecule has 0 spiro atoms. The highest BCUT2D eigenvalue weighted by molar-refractivity contribution is 5.23. The molecule has 0 radical (unpaired) electrons. The van der Waals surface area contributed by atoms with Crippen molar-refractivity contribution in [3.05, 3.63) is 30.1 Å². The zero-order valence-electron chi connectivity index (χ0n) is 7.53. The molecular weight excluding hydrogens is 191 g/mol. The molecular formula is C9H9FO4. The smallest absolute Gasteiger partial charge is 0.373 e. The number of hydrogen-bond acceptors (Lipinski definition) is 4. The maximum Gasteiger partial charge on any atom is 0.373 e. The quantitative estimate of drug-likeness (QED) is 0.688. The van der Waals surface area contributed by atoms with E-state index >= 15 is 0 Å². The molecule has 0 atom stereocenters. The van der Waals surface area contributed by atoms with Crippen molar-refractivity contribution < 1.29 is 23.5 Å². The second-order valence-electron chi connectivity index (χ2n) is 2.06. The molecule has 0 heterocycles. The molecule has 0 amide bonds. The van der Waals surface area contributed by atoms with Crippen molar-refractivity contribution in [2.24, 2.45) is 0 Å². The summed E-state index contributed by atoms with van der Waals surface area (Å²) in [5.41, 5.74) is 0. The maximum atomic E-state index is 12.7. The molecule has 14 heavy (non-hydrogen) atoms. The van der Waals surface area contributed by atoms with E-state index in [1.165, 1.54) is 13.2 Å². The summed E-state index contributed by atoms with van der Waals surface area (Å²) in [6.07, 6.45) is 0.250. The molecule has 0 N–H and O–H groups in total. The van der Waals surface area contributed by atoms with E-state index in [1.54, 1.807) is 18.2 Å². The van der Waals surface area contributed by atoms with E-state index in [0.29, 0.717) is 0 Å². The zero-order chi connectivity index (χ0) is 10.8. The fourth-order valence-corrected chi connectivity index (χ4v) is 0.684. The molecule has 0 aromatic heterocycles. The second-order valence-corrected chi connectivity index (χ2v) is 2.06. The molecule has 1 aromatic rings. The van der Waals surface area contributed by atoms with E-state index in [1.807, 2.05) is 0 Å². The van der Waals surface area contributed by atoms with Crippen LogP contribution in [0.4, 0.5) is 4.39 Å². The van der Waals surface area contributed by atoms with Crippen LogP contribution < -0.4 is 4.74 Å². The van der Waals surface area contributed by atoms with Gasteiger partial charge in [0, 0.05) is 7.11 Å². The lowest BCUT2D eigenvalue weighted by atomic mass is 10.3. The Morgan fingerprint density at radius 1 is 1.36 bits per heavy atom. The minimum absolute atomic E-state index is 0.0704. The second kappa shape index (κ2) is 7.91. The van der Waals surface area contributed by atoms with Crippen LogP contribution in [-0.4, -0.2) is 20.1 Å². The summed E-state index contributed by atoms with van der Waals surface area (Å²) in [4.78, 5) is 16.2. The van der Waals surface area contributed by atoms with Crippen LogP contribution in [0.25, 0.3) is 0 Å². The molecule has 1 rings (SSSR count). The Balaban J connectivity index is 0.000000500. The van der Waals surface area contributed by atoms with Crippen LogP contribution in [0.15, 0.2) is 24.3 Å². The fourth-order valence-electron chi connectivity index (χ4n) is 0.684. The van der Waals surface area contributed by atoms with Gasteiger partial charge < -0.3 is 9.47 Å². The monoisotopic (exact) mass is 200 g/mol. The lowest BCUT2D eigenvalue weighted by Gasteiger charge is -2.03. The molecule has 0 bridgehead atoms. The van der Waals surface area contributed by atoms with Crippen molar-refractivity contribution in [1.82, 2.24) is 0 Å². The van der Waals surface area contributed by atoms with E-state index in [2.05, 4.69) is 4.74 Å². The molecule has 0 aliphatic heterocycles. The number of methoxy groups -OCH3 is 1. The Morgan fingerprint density at radius 2 is 1.93 bits per heavy atom. The molecule has 76 valence electrons. The number of rotatable bonds is 3. The molecule has 0 aliphatic carbocycles. The standard InChI is InChI=1S/C8H9FO2.CO2/c1-10-6-11-8-5-3-2-4-7(8)9;2-1-3/h2-5H,6H2,1H3;. The van der Waals surface area contributed by atoms with Gasteiger partial charge in [-0.3, -0.25) is 0 Å². The summed E-state index contributed by atoms with van der Waals surface area (Å²) in [5, 5.41) is 0. The summed E-state index contributed by atoms with van der Waals surface area (Å²) >= 11 is 0. The van der Waals surface area contributed by atoms with E-state index < -0.39 is 0 Å². The first-order valence-corrected chi connectivity index (χ1v) is 3.61. The van der Waals surface area contributed by atoms with Gasteiger partial charge in [0.15, 0.2) is 18.4 Å². The first-order valence-electron chi connectivity index (χ1n) is 3.61. The molecule has 5 heteroatoms. The number of ether oxygens (including phenoxy) is 2. The lowest BCUT2D eigenvalue weighted by molar-refractivity contribution is -0.191. The van der Waals surface area contributed by atoms with Crippen molar-refractivity contribution in [3.63, 3.8) is 0 Å². The third kappa shape index (κ3) is 5.03. The Hall–Kier alpha value is -1.71. The van der Waals surface area contributed by atoms with Crippen LogP contribution in [0.3, 0.4) is 0 Å². The lowest BCUT2D eigenvalue weighted by Crippen LogP contribution is -2.00. The Labute approximate surface area is 80.2 Å². The Bertz CT molecular complexity index is 295. The van der Waals surface area contributed by atoms with Crippen molar-refractivity contribution in [1.29, 1.82) is 0 Å². The van der Waals surface area contributed by atoms with Gasteiger partial charge in [0.05, 0.1) is 0 Å². The van der Waals surface area contributed by atoms with Crippen molar-refractivity contribution >= 4 is 6.15 Å². The van der Waals surface area contributed by atoms with E-state index in [-0.39, 0.29) is 24.5 Å². The molecule has 0 aliphatic rings. The predicted molar refractivity (Wildman–Crippen MR) is 43.9 cm³/mol. The molecule has 4 nitrogen and oxygen atoms in total. The van der Waals surface area contributed by atoms with Crippen LogP contribution in [0.5, 0.6) is 5.75 Å². The number of halogens is 1. The topological polar surface area (TPSA) is 52.6 Å². The Kier molecular flexibility index (Phi) is 6.95. The van der Waals surface area contributed by atoms with Gasteiger partial charge in [0.25, 0.3) is 0 Å². The normalized spacial score (nSPS) is 8.14. The number of benzene rings is 1. The number of carbonyl (C=O) groups excluding carboxylic acids is 2. The van der Waals surface area contributed by atoms with Gasteiger partial charge >= 0.3 is 6.15 Å².